The second kappa shape index (κ2) is 4.80. The first-order valence-electron chi connectivity index (χ1n) is 6.02. The first-order chi connectivity index (χ1) is 8.33. The summed E-state index contributed by atoms with van der Waals surface area (Å²) in [5.74, 6) is 0. The van der Waals surface area contributed by atoms with E-state index in [1.165, 1.54) is 16.5 Å². The third-order valence-corrected chi connectivity index (χ3v) is 3.81. The van der Waals surface area contributed by atoms with E-state index in [1.54, 1.807) is 0 Å². The van der Waals surface area contributed by atoms with Crippen LogP contribution in [0.1, 0.15) is 5.56 Å². The molecule has 1 aliphatic rings. The lowest BCUT2D eigenvalue weighted by atomic mass is 10.0. The molecule has 1 aliphatic heterocycles. The van der Waals surface area contributed by atoms with Crippen molar-refractivity contribution in [3.05, 3.63) is 34.4 Å². The molecule has 2 heterocycles. The van der Waals surface area contributed by atoms with E-state index in [0.717, 1.165) is 30.5 Å². The van der Waals surface area contributed by atoms with E-state index in [4.69, 9.17) is 0 Å². The Labute approximate surface area is 109 Å². The van der Waals surface area contributed by atoms with Gasteiger partial charge in [-0.1, -0.05) is 15.9 Å². The van der Waals surface area contributed by atoms with Gasteiger partial charge in [0.05, 0.1) is 0 Å². The van der Waals surface area contributed by atoms with Crippen molar-refractivity contribution in [2.24, 2.45) is 0 Å². The molecule has 0 saturated carbocycles. The minimum Gasteiger partial charge on any atom is -0.361 e. The van der Waals surface area contributed by atoms with Crippen LogP contribution in [0.5, 0.6) is 0 Å². The topological polar surface area (TPSA) is 39.9 Å². The number of fused-ring (bicyclic) bond motifs is 1. The van der Waals surface area contributed by atoms with Gasteiger partial charge in [0.1, 0.15) is 0 Å². The number of halogens is 1. The fraction of sp³-hybridized carbons (Fsp3) is 0.385. The Morgan fingerprint density at radius 1 is 1.29 bits per heavy atom. The minimum atomic E-state index is 0.543. The highest BCUT2D eigenvalue weighted by Gasteiger charge is 2.14. The molecule has 2 aromatic rings. The Morgan fingerprint density at radius 2 is 2.24 bits per heavy atom. The monoisotopic (exact) mass is 293 g/mol. The summed E-state index contributed by atoms with van der Waals surface area (Å²) in [6.45, 7) is 3.20. The van der Waals surface area contributed by atoms with E-state index < -0.39 is 0 Å². The van der Waals surface area contributed by atoms with Crippen LogP contribution < -0.4 is 10.6 Å². The number of nitrogens with one attached hydrogen (secondary N) is 3. The smallest absolute Gasteiger partial charge is 0.0457 e. The Bertz CT molecular complexity index is 514. The summed E-state index contributed by atoms with van der Waals surface area (Å²) < 4.78 is 1.14. The molecule has 0 amide bonds. The van der Waals surface area contributed by atoms with Gasteiger partial charge in [-0.05, 0) is 30.2 Å². The van der Waals surface area contributed by atoms with Crippen LogP contribution in [0.3, 0.4) is 0 Å². The average Bonchev–Trinajstić information content (AvgIpc) is 2.73. The molecule has 0 bridgehead atoms. The van der Waals surface area contributed by atoms with Crippen LogP contribution in [-0.4, -0.2) is 30.7 Å². The molecule has 17 heavy (non-hydrogen) atoms. The highest BCUT2D eigenvalue weighted by atomic mass is 79.9. The number of hydrogen-bond acceptors (Lipinski definition) is 2. The molecule has 3 nitrogen and oxygen atoms in total. The number of aromatic nitrogens is 1. The zero-order chi connectivity index (χ0) is 11.7. The second-order valence-corrected chi connectivity index (χ2v) is 5.48. The van der Waals surface area contributed by atoms with Gasteiger partial charge in [0.15, 0.2) is 0 Å². The van der Waals surface area contributed by atoms with Crippen LogP contribution in [0.2, 0.25) is 0 Å². The standard InChI is InChI=1S/C13H16BrN3/c14-10-1-2-13-12(6-10)9(7-17-13)5-11-8-15-3-4-16-11/h1-2,6-7,11,15-17H,3-5,8H2. The summed E-state index contributed by atoms with van der Waals surface area (Å²) in [6, 6.07) is 6.93. The van der Waals surface area contributed by atoms with Crippen LogP contribution in [0.15, 0.2) is 28.9 Å². The summed E-state index contributed by atoms with van der Waals surface area (Å²) in [7, 11) is 0. The molecule has 1 fully saturated rings. The van der Waals surface area contributed by atoms with Gasteiger partial charge in [-0.25, -0.2) is 0 Å². The fourth-order valence-corrected chi connectivity index (χ4v) is 2.80. The lowest BCUT2D eigenvalue weighted by Crippen LogP contribution is -2.49. The van der Waals surface area contributed by atoms with Crippen molar-refractivity contribution >= 4 is 26.8 Å². The maximum absolute atomic E-state index is 3.55. The first-order valence-corrected chi connectivity index (χ1v) is 6.82. The van der Waals surface area contributed by atoms with Gasteiger partial charge in [0, 0.05) is 47.2 Å². The highest BCUT2D eigenvalue weighted by Crippen LogP contribution is 2.23. The van der Waals surface area contributed by atoms with Crippen molar-refractivity contribution < 1.29 is 0 Å². The number of aromatic amines is 1. The van der Waals surface area contributed by atoms with Crippen LogP contribution in [0.4, 0.5) is 0 Å². The van der Waals surface area contributed by atoms with Crippen molar-refractivity contribution in [2.75, 3.05) is 19.6 Å². The predicted octanol–water partition coefficient (Wildman–Crippen LogP) is 2.03. The van der Waals surface area contributed by atoms with Gasteiger partial charge in [-0.2, -0.15) is 0 Å². The maximum atomic E-state index is 3.55. The molecule has 1 atom stereocenters. The molecule has 1 saturated heterocycles. The molecule has 3 rings (SSSR count). The summed E-state index contributed by atoms with van der Waals surface area (Å²) >= 11 is 3.53. The minimum absolute atomic E-state index is 0.543. The van der Waals surface area contributed by atoms with E-state index in [1.807, 2.05) is 0 Å². The molecule has 1 aromatic carbocycles. The lowest BCUT2D eigenvalue weighted by Gasteiger charge is -2.24. The van der Waals surface area contributed by atoms with Gasteiger partial charge < -0.3 is 15.6 Å². The van der Waals surface area contributed by atoms with E-state index in [-0.39, 0.29) is 0 Å². The fourth-order valence-electron chi connectivity index (χ4n) is 2.44. The van der Waals surface area contributed by atoms with Gasteiger partial charge in [0.25, 0.3) is 0 Å². The van der Waals surface area contributed by atoms with E-state index >= 15 is 0 Å². The summed E-state index contributed by atoms with van der Waals surface area (Å²) in [4.78, 5) is 3.34. The highest BCUT2D eigenvalue weighted by molar-refractivity contribution is 9.10. The molecule has 0 aliphatic carbocycles. The number of rotatable bonds is 2. The molecule has 90 valence electrons. The normalized spacial score (nSPS) is 20.9. The zero-order valence-corrected chi connectivity index (χ0v) is 11.2. The van der Waals surface area contributed by atoms with Crippen LogP contribution in [0.25, 0.3) is 10.9 Å². The molecule has 0 spiro atoms. The molecular formula is C13H16BrN3. The number of benzene rings is 1. The number of hydrogen-bond donors (Lipinski definition) is 3. The molecule has 3 N–H and O–H groups in total. The van der Waals surface area contributed by atoms with Crippen molar-refractivity contribution in [1.82, 2.24) is 15.6 Å². The first kappa shape index (κ1) is 11.3. The average molecular weight is 294 g/mol. The maximum Gasteiger partial charge on any atom is 0.0457 e. The zero-order valence-electron chi connectivity index (χ0n) is 9.59. The van der Waals surface area contributed by atoms with Crippen LogP contribution in [0, 0.1) is 0 Å². The largest absolute Gasteiger partial charge is 0.361 e. The van der Waals surface area contributed by atoms with Gasteiger partial charge >= 0.3 is 0 Å². The van der Waals surface area contributed by atoms with Gasteiger partial charge in [-0.15, -0.1) is 0 Å². The Kier molecular flexibility index (Phi) is 3.18. The molecule has 4 heteroatoms. The Hall–Kier alpha value is -0.840. The molecular weight excluding hydrogens is 278 g/mol. The van der Waals surface area contributed by atoms with Crippen molar-refractivity contribution in [3.8, 4) is 0 Å². The van der Waals surface area contributed by atoms with Gasteiger partial charge in [-0.3, -0.25) is 0 Å². The Balaban J connectivity index is 1.86. The van der Waals surface area contributed by atoms with E-state index in [9.17, 15) is 0 Å². The van der Waals surface area contributed by atoms with Gasteiger partial charge in [0.2, 0.25) is 0 Å². The predicted molar refractivity (Wildman–Crippen MR) is 74.4 cm³/mol. The molecule has 0 radical (unpaired) electrons. The van der Waals surface area contributed by atoms with Crippen LogP contribution in [-0.2, 0) is 6.42 Å². The molecule has 1 aromatic heterocycles. The van der Waals surface area contributed by atoms with Crippen LogP contribution >= 0.6 is 15.9 Å². The van der Waals surface area contributed by atoms with E-state index in [2.05, 4.69) is 55.9 Å². The van der Waals surface area contributed by atoms with Crippen molar-refractivity contribution in [3.63, 3.8) is 0 Å². The van der Waals surface area contributed by atoms with E-state index in [0.29, 0.717) is 6.04 Å². The number of H-pyrrole nitrogens is 1. The summed E-state index contributed by atoms with van der Waals surface area (Å²) in [5.41, 5.74) is 2.61. The Morgan fingerprint density at radius 3 is 3.06 bits per heavy atom. The third kappa shape index (κ3) is 2.39. The second-order valence-electron chi connectivity index (χ2n) is 4.56. The third-order valence-electron chi connectivity index (χ3n) is 3.32. The van der Waals surface area contributed by atoms with Crippen molar-refractivity contribution in [2.45, 2.75) is 12.5 Å². The molecule has 1 unspecified atom stereocenters. The SMILES string of the molecule is Brc1ccc2[nH]cc(CC3CNCCN3)c2c1. The summed E-state index contributed by atoms with van der Waals surface area (Å²) in [5, 5.41) is 8.30. The number of piperazine rings is 1. The quantitative estimate of drug-likeness (QED) is 0.793. The lowest BCUT2D eigenvalue weighted by molar-refractivity contribution is 0.417. The summed E-state index contributed by atoms with van der Waals surface area (Å²) in [6.07, 6.45) is 3.21. The van der Waals surface area contributed by atoms with Crippen molar-refractivity contribution in [1.29, 1.82) is 0 Å².